The van der Waals surface area contributed by atoms with Gasteiger partial charge in [-0.2, -0.15) is 0 Å². The van der Waals surface area contributed by atoms with Crippen molar-refractivity contribution in [2.24, 2.45) is 0 Å². The van der Waals surface area contributed by atoms with E-state index >= 15 is 0 Å². The third-order valence-corrected chi connectivity index (χ3v) is 14.3. The van der Waals surface area contributed by atoms with E-state index in [1.165, 1.54) is 77.4 Å². The van der Waals surface area contributed by atoms with Gasteiger partial charge in [-0.1, -0.05) is 212 Å². The van der Waals surface area contributed by atoms with Gasteiger partial charge in [0.2, 0.25) is 0 Å². The highest BCUT2D eigenvalue weighted by molar-refractivity contribution is 6.10. The molecule has 0 saturated heterocycles. The average Bonchev–Trinajstić information content (AvgIpc) is 3.92. The summed E-state index contributed by atoms with van der Waals surface area (Å²) in [6.07, 6.45) is 0. The Labute approximate surface area is 403 Å². The van der Waals surface area contributed by atoms with Crippen molar-refractivity contribution in [2.75, 3.05) is 4.90 Å². The Balaban J connectivity index is 0.977. The molecule has 2 nitrogen and oxygen atoms in total. The van der Waals surface area contributed by atoms with Gasteiger partial charge in [-0.3, -0.25) is 0 Å². The fourth-order valence-corrected chi connectivity index (χ4v) is 11.2. The van der Waals surface area contributed by atoms with Crippen molar-refractivity contribution in [3.8, 4) is 50.2 Å². The molecular formula is C67H46N2. The zero-order valence-corrected chi connectivity index (χ0v) is 38.0. The van der Waals surface area contributed by atoms with Crippen molar-refractivity contribution in [2.45, 2.75) is 5.41 Å². The molecule has 1 aliphatic rings. The monoisotopic (exact) mass is 878 g/mol. The largest absolute Gasteiger partial charge is 0.310 e. The van der Waals surface area contributed by atoms with E-state index in [0.717, 1.165) is 33.9 Å². The maximum atomic E-state index is 2.45. The molecule has 0 unspecified atom stereocenters. The van der Waals surface area contributed by atoms with Crippen LogP contribution in [0.4, 0.5) is 17.1 Å². The van der Waals surface area contributed by atoms with Gasteiger partial charge < -0.3 is 9.47 Å². The van der Waals surface area contributed by atoms with Crippen LogP contribution in [0, 0.1) is 0 Å². The summed E-state index contributed by atoms with van der Waals surface area (Å²) in [4.78, 5) is 2.45. The molecule has 0 aliphatic heterocycles. The number of para-hydroxylation sites is 3. The number of fused-ring (bicyclic) bond motifs is 6. The average molecular weight is 879 g/mol. The summed E-state index contributed by atoms with van der Waals surface area (Å²) in [6.45, 7) is 0. The van der Waals surface area contributed by atoms with Crippen LogP contribution in [0.15, 0.2) is 279 Å². The Morgan fingerprint density at radius 3 is 1.57 bits per heavy atom. The van der Waals surface area contributed by atoms with Crippen molar-refractivity contribution in [1.29, 1.82) is 0 Å². The summed E-state index contributed by atoms with van der Waals surface area (Å²) in [5, 5.41) is 2.49. The van der Waals surface area contributed by atoms with E-state index in [1.807, 2.05) is 0 Å². The molecule has 69 heavy (non-hydrogen) atoms. The number of hydrogen-bond acceptors (Lipinski definition) is 1. The van der Waals surface area contributed by atoms with E-state index in [4.69, 9.17) is 0 Å². The van der Waals surface area contributed by atoms with E-state index in [9.17, 15) is 0 Å². The summed E-state index contributed by atoms with van der Waals surface area (Å²) in [5.41, 5.74) is 21.0. The quantitative estimate of drug-likeness (QED) is 0.140. The van der Waals surface area contributed by atoms with E-state index in [2.05, 4.69) is 289 Å². The highest BCUT2D eigenvalue weighted by Crippen LogP contribution is 2.57. The normalized spacial score (nSPS) is 12.5. The first-order valence-electron chi connectivity index (χ1n) is 23.8. The second-order valence-electron chi connectivity index (χ2n) is 18.0. The number of hydrogen-bond donors (Lipinski definition) is 0. The lowest BCUT2D eigenvalue weighted by molar-refractivity contribution is 0.768. The van der Waals surface area contributed by atoms with Gasteiger partial charge in [0.05, 0.1) is 22.1 Å². The molecule has 0 atom stereocenters. The van der Waals surface area contributed by atoms with Gasteiger partial charge in [-0.25, -0.2) is 0 Å². The smallest absolute Gasteiger partial charge is 0.0713 e. The first-order valence-corrected chi connectivity index (χ1v) is 23.8. The Morgan fingerprint density at radius 1 is 0.290 bits per heavy atom. The first-order chi connectivity index (χ1) is 34.2. The van der Waals surface area contributed by atoms with Gasteiger partial charge in [0.25, 0.3) is 0 Å². The molecular weight excluding hydrogens is 833 g/mol. The number of nitrogens with zero attached hydrogens (tertiary/aromatic N) is 2. The fourth-order valence-electron chi connectivity index (χ4n) is 11.2. The molecule has 324 valence electrons. The van der Waals surface area contributed by atoms with Crippen molar-refractivity contribution in [3.63, 3.8) is 0 Å². The zero-order chi connectivity index (χ0) is 45.7. The van der Waals surface area contributed by atoms with Gasteiger partial charge >= 0.3 is 0 Å². The summed E-state index contributed by atoms with van der Waals surface area (Å²) in [5.74, 6) is 0. The standard InChI is InChI=1S/C67H46N2/c1-5-20-47(21-6-1)48-36-39-55(40-37-48)68(56-41-42-63-60(46-56)58-31-13-16-33-62(58)67(63,52-24-7-2-8-25-52)53-26-9-3-10-27-53)64-34-17-14-30-57(64)51-23-19-22-49(44-51)50-38-43-66-61(45-50)59-32-15-18-35-65(59)69(66)54-28-11-4-12-29-54/h1-46H. The van der Waals surface area contributed by atoms with Crippen molar-refractivity contribution in [3.05, 3.63) is 301 Å². The predicted octanol–water partition coefficient (Wildman–Crippen LogP) is 17.6. The van der Waals surface area contributed by atoms with Crippen LogP contribution in [0.25, 0.3) is 72.0 Å². The van der Waals surface area contributed by atoms with Gasteiger partial charge in [0.1, 0.15) is 0 Å². The Morgan fingerprint density at radius 2 is 0.812 bits per heavy atom. The summed E-state index contributed by atoms with van der Waals surface area (Å²) < 4.78 is 2.38. The van der Waals surface area contributed by atoms with Crippen LogP contribution in [0.3, 0.4) is 0 Å². The summed E-state index contributed by atoms with van der Waals surface area (Å²) >= 11 is 0. The van der Waals surface area contributed by atoms with Crippen LogP contribution in [0.5, 0.6) is 0 Å². The molecule has 0 spiro atoms. The summed E-state index contributed by atoms with van der Waals surface area (Å²) in [6, 6.07) is 102. The highest BCUT2D eigenvalue weighted by atomic mass is 15.1. The van der Waals surface area contributed by atoms with Gasteiger partial charge in [-0.05, 0) is 128 Å². The third kappa shape index (κ3) is 6.64. The van der Waals surface area contributed by atoms with Crippen LogP contribution in [-0.2, 0) is 5.41 Å². The van der Waals surface area contributed by atoms with Crippen LogP contribution >= 0.6 is 0 Å². The lowest BCUT2D eigenvalue weighted by Gasteiger charge is -2.34. The molecule has 11 aromatic carbocycles. The summed E-state index contributed by atoms with van der Waals surface area (Å²) in [7, 11) is 0. The zero-order valence-electron chi connectivity index (χ0n) is 38.0. The Bertz CT molecular complexity index is 3780. The van der Waals surface area contributed by atoms with Crippen molar-refractivity contribution >= 4 is 38.9 Å². The molecule has 0 bridgehead atoms. The SMILES string of the molecule is c1ccc(-c2ccc(N(c3ccc4c(c3)-c3ccccc3C4(c3ccccc3)c3ccccc3)c3ccccc3-c3cccc(-c4ccc5c(c4)c4ccccc4n5-c4ccccc4)c3)cc2)cc1. The maximum absolute atomic E-state index is 2.45. The first kappa shape index (κ1) is 40.3. The van der Waals surface area contributed by atoms with Gasteiger partial charge in [0, 0.05) is 33.4 Å². The number of rotatable bonds is 9. The Hall–Kier alpha value is -8.98. The van der Waals surface area contributed by atoms with E-state index in [0.29, 0.717) is 0 Å². The third-order valence-electron chi connectivity index (χ3n) is 14.3. The second-order valence-corrected chi connectivity index (χ2v) is 18.0. The lowest BCUT2D eigenvalue weighted by Crippen LogP contribution is -2.28. The number of anilines is 3. The molecule has 0 N–H and O–H groups in total. The predicted molar refractivity (Wildman–Crippen MR) is 289 cm³/mol. The van der Waals surface area contributed by atoms with Crippen molar-refractivity contribution < 1.29 is 0 Å². The molecule has 0 amide bonds. The molecule has 1 heterocycles. The molecule has 0 fully saturated rings. The number of benzene rings is 11. The van der Waals surface area contributed by atoms with Crippen LogP contribution in [0.1, 0.15) is 22.3 Å². The molecule has 13 rings (SSSR count). The molecule has 0 radical (unpaired) electrons. The Kier molecular flexibility index (Phi) is 9.77. The van der Waals surface area contributed by atoms with Crippen LogP contribution in [0.2, 0.25) is 0 Å². The topological polar surface area (TPSA) is 8.17 Å². The van der Waals surface area contributed by atoms with Crippen molar-refractivity contribution in [1.82, 2.24) is 4.57 Å². The highest BCUT2D eigenvalue weighted by Gasteiger charge is 2.46. The van der Waals surface area contributed by atoms with Gasteiger partial charge in [-0.15, -0.1) is 0 Å². The van der Waals surface area contributed by atoms with E-state index < -0.39 is 5.41 Å². The van der Waals surface area contributed by atoms with Crippen LogP contribution in [-0.4, -0.2) is 4.57 Å². The van der Waals surface area contributed by atoms with Crippen LogP contribution < -0.4 is 4.90 Å². The number of aromatic nitrogens is 1. The molecule has 0 saturated carbocycles. The minimum absolute atomic E-state index is 0.479. The van der Waals surface area contributed by atoms with Gasteiger partial charge in [0.15, 0.2) is 0 Å². The molecule has 12 aromatic rings. The molecule has 1 aromatic heterocycles. The minimum Gasteiger partial charge on any atom is -0.310 e. The molecule has 1 aliphatic carbocycles. The van der Waals surface area contributed by atoms with E-state index in [-0.39, 0.29) is 0 Å². The lowest BCUT2D eigenvalue weighted by atomic mass is 9.68. The van der Waals surface area contributed by atoms with E-state index in [1.54, 1.807) is 0 Å². The fraction of sp³-hybridized carbons (Fsp3) is 0.0149. The molecule has 2 heteroatoms. The minimum atomic E-state index is -0.479. The second kappa shape index (κ2) is 16.7. The maximum Gasteiger partial charge on any atom is 0.0713 e.